The Morgan fingerprint density at radius 2 is 1.96 bits per heavy atom. The first-order valence-corrected chi connectivity index (χ1v) is 8.14. The number of pyridine rings is 1. The largest absolute Gasteiger partial charge is 0.468 e. The maximum atomic E-state index is 12.6. The number of benzene rings is 1. The van der Waals surface area contributed by atoms with Crippen LogP contribution in [0.4, 0.5) is 13.2 Å². The van der Waals surface area contributed by atoms with Gasteiger partial charge in [-0.05, 0) is 19.1 Å². The molecule has 2 aromatic heterocycles. The third-order valence-corrected chi connectivity index (χ3v) is 3.89. The van der Waals surface area contributed by atoms with E-state index >= 15 is 0 Å². The summed E-state index contributed by atoms with van der Waals surface area (Å²) in [5.41, 5.74) is 1.46. The predicted octanol–water partition coefficient (Wildman–Crippen LogP) is 3.40. The van der Waals surface area contributed by atoms with Gasteiger partial charge in [-0.15, -0.1) is 0 Å². The van der Waals surface area contributed by atoms with Crippen molar-refractivity contribution in [2.45, 2.75) is 19.1 Å². The van der Waals surface area contributed by atoms with Gasteiger partial charge in [-0.1, -0.05) is 24.3 Å². The number of hydrogen-bond donors (Lipinski definition) is 1. The molecule has 2 heterocycles. The molecule has 1 N–H and O–H groups in total. The van der Waals surface area contributed by atoms with E-state index in [9.17, 15) is 18.0 Å². The van der Waals surface area contributed by atoms with Gasteiger partial charge in [-0.25, -0.2) is 4.98 Å². The Kier molecular flexibility index (Phi) is 5.02. The molecule has 1 unspecified atom stereocenters. The van der Waals surface area contributed by atoms with Gasteiger partial charge >= 0.3 is 6.18 Å². The smallest absolute Gasteiger partial charge is 0.422 e. The van der Waals surface area contributed by atoms with Gasteiger partial charge in [0.2, 0.25) is 5.88 Å². The van der Waals surface area contributed by atoms with Crippen LogP contribution in [0.2, 0.25) is 0 Å². The number of para-hydroxylation sites is 1. The van der Waals surface area contributed by atoms with E-state index in [-0.39, 0.29) is 11.6 Å². The van der Waals surface area contributed by atoms with E-state index in [0.29, 0.717) is 11.1 Å². The van der Waals surface area contributed by atoms with Gasteiger partial charge in [-0.2, -0.15) is 18.3 Å². The number of ether oxygens (including phenoxy) is 1. The number of carbonyl (C=O) groups excluding carboxylic acids is 1. The Labute approximate surface area is 153 Å². The average molecular weight is 378 g/mol. The molecule has 0 saturated carbocycles. The first-order valence-electron chi connectivity index (χ1n) is 8.14. The van der Waals surface area contributed by atoms with E-state index in [1.54, 1.807) is 30.8 Å². The molecule has 0 fully saturated rings. The molecular formula is C18H17F3N4O2. The molecule has 0 spiro atoms. The first kappa shape index (κ1) is 18.7. The van der Waals surface area contributed by atoms with Crippen LogP contribution in [0, 0.1) is 0 Å². The number of nitrogens with one attached hydrogen (secondary N) is 1. The summed E-state index contributed by atoms with van der Waals surface area (Å²) in [6.07, 6.45) is -4.45. The molecule has 1 atom stereocenters. The van der Waals surface area contributed by atoms with Crippen LogP contribution in [0.25, 0.3) is 10.9 Å². The number of rotatable bonds is 5. The highest BCUT2D eigenvalue weighted by Gasteiger charge is 2.28. The summed E-state index contributed by atoms with van der Waals surface area (Å²) in [6.45, 7) is 0.253. The highest BCUT2D eigenvalue weighted by molar-refractivity contribution is 6.04. The lowest BCUT2D eigenvalue weighted by Crippen LogP contribution is -2.28. The third kappa shape index (κ3) is 4.36. The van der Waals surface area contributed by atoms with Gasteiger partial charge in [0.15, 0.2) is 12.3 Å². The number of hydrogen-bond acceptors (Lipinski definition) is 4. The average Bonchev–Trinajstić information content (AvgIpc) is 2.97. The molecule has 27 heavy (non-hydrogen) atoms. The standard InChI is InChI=1S/C18H17F3N4O2/c1-11(13-7-5-9-15(23-13)27-10-18(19,20)21)22-17(26)16-12-6-3-4-8-14(12)25(2)24-16/h3-9,11H,10H2,1-2H3,(H,22,26). The van der Waals surface area contributed by atoms with Gasteiger partial charge in [0.05, 0.1) is 17.3 Å². The quantitative estimate of drug-likeness (QED) is 0.739. The molecule has 0 saturated heterocycles. The fourth-order valence-electron chi connectivity index (χ4n) is 2.63. The molecule has 0 aliphatic heterocycles. The summed E-state index contributed by atoms with van der Waals surface area (Å²) in [7, 11) is 1.74. The summed E-state index contributed by atoms with van der Waals surface area (Å²) in [5.74, 6) is -0.558. The van der Waals surface area contributed by atoms with Crippen molar-refractivity contribution in [1.29, 1.82) is 0 Å². The molecule has 1 aromatic carbocycles. The fourth-order valence-corrected chi connectivity index (χ4v) is 2.63. The van der Waals surface area contributed by atoms with Crippen molar-refractivity contribution in [3.05, 3.63) is 53.9 Å². The van der Waals surface area contributed by atoms with Gasteiger partial charge in [0.1, 0.15) is 0 Å². The molecule has 3 aromatic rings. The topological polar surface area (TPSA) is 69.0 Å². The summed E-state index contributed by atoms with van der Waals surface area (Å²) < 4.78 is 43.1. The van der Waals surface area contributed by atoms with Crippen LogP contribution in [0.1, 0.15) is 29.1 Å². The molecule has 0 radical (unpaired) electrons. The molecule has 3 rings (SSSR count). The normalized spacial score (nSPS) is 12.8. The molecule has 0 aliphatic carbocycles. The van der Waals surface area contributed by atoms with Crippen molar-refractivity contribution < 1.29 is 22.7 Å². The molecule has 0 bridgehead atoms. The molecule has 0 aliphatic rings. The lowest BCUT2D eigenvalue weighted by Gasteiger charge is -2.14. The zero-order chi connectivity index (χ0) is 19.6. The number of amides is 1. The minimum Gasteiger partial charge on any atom is -0.468 e. The first-order chi connectivity index (χ1) is 12.7. The summed E-state index contributed by atoms with van der Waals surface area (Å²) in [4.78, 5) is 16.6. The minimum atomic E-state index is -4.45. The summed E-state index contributed by atoms with van der Waals surface area (Å²) in [6, 6.07) is 11.2. The van der Waals surface area contributed by atoms with Crippen LogP contribution in [0.3, 0.4) is 0 Å². The second kappa shape index (κ2) is 7.26. The Bertz CT molecular complexity index is 969. The maximum Gasteiger partial charge on any atom is 0.422 e. The van der Waals surface area contributed by atoms with E-state index in [2.05, 4.69) is 20.1 Å². The molecule has 6 nitrogen and oxygen atoms in total. The van der Waals surface area contributed by atoms with Crippen molar-refractivity contribution in [3.63, 3.8) is 0 Å². The predicted molar refractivity (Wildman–Crippen MR) is 92.4 cm³/mol. The van der Waals surface area contributed by atoms with E-state index in [4.69, 9.17) is 0 Å². The van der Waals surface area contributed by atoms with Crippen molar-refractivity contribution in [2.24, 2.45) is 7.05 Å². The van der Waals surface area contributed by atoms with Crippen LogP contribution in [0.5, 0.6) is 5.88 Å². The van der Waals surface area contributed by atoms with Gasteiger partial charge in [0.25, 0.3) is 5.91 Å². The van der Waals surface area contributed by atoms with Gasteiger partial charge < -0.3 is 10.1 Å². The molecule has 9 heteroatoms. The molecule has 142 valence electrons. The Hall–Kier alpha value is -3.10. The lowest BCUT2D eigenvalue weighted by molar-refractivity contribution is -0.154. The molecular weight excluding hydrogens is 361 g/mol. The van der Waals surface area contributed by atoms with E-state index < -0.39 is 24.7 Å². The third-order valence-electron chi connectivity index (χ3n) is 3.89. The van der Waals surface area contributed by atoms with Crippen molar-refractivity contribution in [2.75, 3.05) is 6.61 Å². The van der Waals surface area contributed by atoms with Crippen molar-refractivity contribution in [1.82, 2.24) is 20.1 Å². The van der Waals surface area contributed by atoms with Crippen molar-refractivity contribution in [3.8, 4) is 5.88 Å². The van der Waals surface area contributed by atoms with Gasteiger partial charge in [-0.3, -0.25) is 9.48 Å². The van der Waals surface area contributed by atoms with Crippen LogP contribution in [0.15, 0.2) is 42.5 Å². The zero-order valence-electron chi connectivity index (χ0n) is 14.6. The molecule has 1 amide bonds. The number of aryl methyl sites for hydroxylation is 1. The number of fused-ring (bicyclic) bond motifs is 1. The van der Waals surface area contributed by atoms with Crippen LogP contribution in [-0.2, 0) is 7.05 Å². The monoisotopic (exact) mass is 378 g/mol. The number of aromatic nitrogens is 3. The minimum absolute atomic E-state index is 0.158. The highest BCUT2D eigenvalue weighted by Crippen LogP contribution is 2.21. The fraction of sp³-hybridized carbons (Fsp3) is 0.278. The van der Waals surface area contributed by atoms with E-state index in [1.165, 1.54) is 12.1 Å². The number of nitrogens with zero attached hydrogens (tertiary/aromatic N) is 3. The Morgan fingerprint density at radius 1 is 1.22 bits per heavy atom. The summed E-state index contributed by atoms with van der Waals surface area (Å²) in [5, 5.41) is 7.72. The number of halogens is 3. The second-order valence-corrected chi connectivity index (χ2v) is 5.99. The van der Waals surface area contributed by atoms with Gasteiger partial charge in [0, 0.05) is 18.5 Å². The lowest BCUT2D eigenvalue weighted by atomic mass is 10.1. The Balaban J connectivity index is 1.75. The number of carbonyl (C=O) groups is 1. The van der Waals surface area contributed by atoms with E-state index in [0.717, 1.165) is 5.52 Å². The van der Waals surface area contributed by atoms with Crippen LogP contribution in [-0.4, -0.2) is 33.5 Å². The van der Waals surface area contributed by atoms with Crippen LogP contribution >= 0.6 is 0 Å². The number of alkyl halides is 3. The van der Waals surface area contributed by atoms with Crippen molar-refractivity contribution >= 4 is 16.8 Å². The maximum absolute atomic E-state index is 12.6. The van der Waals surface area contributed by atoms with E-state index in [1.807, 2.05) is 18.2 Å². The summed E-state index contributed by atoms with van der Waals surface area (Å²) >= 11 is 0. The second-order valence-electron chi connectivity index (χ2n) is 5.99. The SMILES string of the molecule is CC(NC(=O)c1nn(C)c2ccccc12)c1cccc(OCC(F)(F)F)n1. The zero-order valence-corrected chi connectivity index (χ0v) is 14.6. The Morgan fingerprint density at radius 3 is 2.70 bits per heavy atom. The highest BCUT2D eigenvalue weighted by atomic mass is 19.4. The van der Waals surface area contributed by atoms with Crippen LogP contribution < -0.4 is 10.1 Å².